The van der Waals surface area contributed by atoms with Crippen molar-refractivity contribution in [2.24, 2.45) is 11.8 Å². The summed E-state index contributed by atoms with van der Waals surface area (Å²) in [7, 11) is 0. The SMILES string of the molecule is CC(C)COC(=O)c1c(C(=O)OCC(C)C)c(N)n(N)c(=O)c1C#N. The van der Waals surface area contributed by atoms with Crippen LogP contribution < -0.4 is 17.1 Å². The van der Waals surface area contributed by atoms with Crippen LogP contribution in [0.3, 0.4) is 0 Å². The largest absolute Gasteiger partial charge is 0.462 e. The van der Waals surface area contributed by atoms with E-state index in [0.717, 1.165) is 0 Å². The normalized spacial score (nSPS) is 10.6. The van der Waals surface area contributed by atoms with Crippen LogP contribution in [-0.2, 0) is 9.47 Å². The lowest BCUT2D eigenvalue weighted by Crippen LogP contribution is -2.36. The summed E-state index contributed by atoms with van der Waals surface area (Å²) in [5, 5.41) is 9.25. The Bertz CT molecular complexity index is 774. The molecule has 0 spiro atoms. The molecule has 1 aromatic heterocycles. The topological polar surface area (TPSA) is 150 Å². The van der Waals surface area contributed by atoms with E-state index in [1.165, 1.54) is 0 Å². The number of nitrogens with zero attached hydrogens (tertiary/aromatic N) is 2. The van der Waals surface area contributed by atoms with E-state index in [-0.39, 0.29) is 25.0 Å². The van der Waals surface area contributed by atoms with E-state index in [9.17, 15) is 19.6 Å². The van der Waals surface area contributed by atoms with Gasteiger partial charge in [0.2, 0.25) is 0 Å². The molecular formula is C16H22N4O5. The summed E-state index contributed by atoms with van der Waals surface area (Å²) in [5.41, 5.74) is 3.13. The standard InChI is InChI=1S/C16H22N4O5/c1-8(2)6-24-15(22)11-10(5-17)14(21)20(19)13(18)12(11)16(23)25-7-9(3)4/h8-9H,6-7,18-19H2,1-4H3. The van der Waals surface area contributed by atoms with Crippen LogP contribution in [0.25, 0.3) is 0 Å². The molecule has 4 N–H and O–H groups in total. The van der Waals surface area contributed by atoms with Gasteiger partial charge < -0.3 is 21.1 Å². The lowest BCUT2D eigenvalue weighted by atomic mass is 10.0. The average Bonchev–Trinajstić information content (AvgIpc) is 2.55. The number of anilines is 1. The van der Waals surface area contributed by atoms with Crippen LogP contribution in [0.4, 0.5) is 5.82 Å². The predicted octanol–water partition coefficient (Wildman–Crippen LogP) is 0.642. The molecule has 25 heavy (non-hydrogen) atoms. The van der Waals surface area contributed by atoms with Gasteiger partial charge in [0.25, 0.3) is 5.56 Å². The first-order valence-corrected chi connectivity index (χ1v) is 7.69. The summed E-state index contributed by atoms with van der Waals surface area (Å²) >= 11 is 0. The van der Waals surface area contributed by atoms with Crippen molar-refractivity contribution in [2.75, 3.05) is 24.8 Å². The maximum atomic E-state index is 12.4. The highest BCUT2D eigenvalue weighted by atomic mass is 16.5. The van der Waals surface area contributed by atoms with Crippen LogP contribution in [-0.4, -0.2) is 29.8 Å². The lowest BCUT2D eigenvalue weighted by Gasteiger charge is -2.16. The van der Waals surface area contributed by atoms with Crippen molar-refractivity contribution in [3.8, 4) is 6.07 Å². The Balaban J connectivity index is 3.54. The van der Waals surface area contributed by atoms with Gasteiger partial charge in [-0.1, -0.05) is 27.7 Å². The molecule has 0 fully saturated rings. The number of pyridine rings is 1. The number of hydrogen-bond acceptors (Lipinski definition) is 8. The van der Waals surface area contributed by atoms with Gasteiger partial charge in [0.15, 0.2) is 0 Å². The van der Waals surface area contributed by atoms with Crippen molar-refractivity contribution < 1.29 is 19.1 Å². The average molecular weight is 350 g/mol. The van der Waals surface area contributed by atoms with E-state index in [1.54, 1.807) is 6.07 Å². The van der Waals surface area contributed by atoms with E-state index in [1.807, 2.05) is 27.7 Å². The zero-order valence-electron chi connectivity index (χ0n) is 14.7. The molecule has 9 nitrogen and oxygen atoms in total. The highest BCUT2D eigenvalue weighted by molar-refractivity contribution is 6.07. The number of ether oxygens (including phenoxy) is 2. The summed E-state index contributed by atoms with van der Waals surface area (Å²) in [6, 6.07) is 1.58. The fourth-order valence-corrected chi connectivity index (χ4v) is 1.85. The number of esters is 2. The summed E-state index contributed by atoms with van der Waals surface area (Å²) < 4.78 is 10.6. The van der Waals surface area contributed by atoms with Gasteiger partial charge in [-0.2, -0.15) is 5.26 Å². The minimum atomic E-state index is -1.01. The van der Waals surface area contributed by atoms with E-state index in [0.29, 0.717) is 4.68 Å². The Morgan fingerprint density at radius 2 is 1.52 bits per heavy atom. The van der Waals surface area contributed by atoms with E-state index < -0.39 is 40.0 Å². The van der Waals surface area contributed by atoms with Gasteiger partial charge in [-0.25, -0.2) is 14.3 Å². The smallest absolute Gasteiger partial charge is 0.342 e. The highest BCUT2D eigenvalue weighted by Gasteiger charge is 2.31. The third-order valence-electron chi connectivity index (χ3n) is 3.06. The van der Waals surface area contributed by atoms with Gasteiger partial charge in [0.05, 0.1) is 13.2 Å². The van der Waals surface area contributed by atoms with Crippen LogP contribution in [0.1, 0.15) is 54.0 Å². The molecule has 0 unspecified atom stereocenters. The van der Waals surface area contributed by atoms with Gasteiger partial charge in [-0.15, -0.1) is 0 Å². The quantitative estimate of drug-likeness (QED) is 0.560. The van der Waals surface area contributed by atoms with Crippen LogP contribution in [0.2, 0.25) is 0 Å². The molecule has 0 atom stereocenters. The first-order chi connectivity index (χ1) is 11.6. The van der Waals surface area contributed by atoms with Gasteiger partial charge in [0, 0.05) is 0 Å². The fraction of sp³-hybridized carbons (Fsp3) is 0.500. The van der Waals surface area contributed by atoms with Crippen molar-refractivity contribution >= 4 is 17.8 Å². The maximum Gasteiger partial charge on any atom is 0.342 e. The van der Waals surface area contributed by atoms with Crippen molar-refractivity contribution in [3.63, 3.8) is 0 Å². The molecule has 0 aliphatic heterocycles. The van der Waals surface area contributed by atoms with E-state index >= 15 is 0 Å². The Morgan fingerprint density at radius 1 is 1.08 bits per heavy atom. The third-order valence-corrected chi connectivity index (χ3v) is 3.06. The summed E-state index contributed by atoms with van der Waals surface area (Å²) in [4.78, 5) is 36.9. The van der Waals surface area contributed by atoms with Gasteiger partial charge in [0.1, 0.15) is 28.6 Å². The molecule has 1 heterocycles. The van der Waals surface area contributed by atoms with E-state index in [2.05, 4.69) is 0 Å². The van der Waals surface area contributed by atoms with Crippen LogP contribution >= 0.6 is 0 Å². The number of nitrogens with two attached hydrogens (primary N) is 2. The fourth-order valence-electron chi connectivity index (χ4n) is 1.85. The van der Waals surface area contributed by atoms with Crippen LogP contribution in [0, 0.1) is 23.2 Å². The molecule has 0 bridgehead atoms. The molecule has 0 aromatic carbocycles. The number of rotatable bonds is 6. The highest BCUT2D eigenvalue weighted by Crippen LogP contribution is 2.20. The number of carbonyl (C=O) groups excluding carboxylic acids is 2. The maximum absolute atomic E-state index is 12.4. The molecule has 0 saturated carbocycles. The third kappa shape index (κ3) is 4.50. The molecule has 0 saturated heterocycles. The van der Waals surface area contributed by atoms with Crippen molar-refractivity contribution in [1.82, 2.24) is 4.68 Å². The minimum absolute atomic E-state index is 0.0121. The van der Waals surface area contributed by atoms with Crippen LogP contribution in [0.15, 0.2) is 4.79 Å². The Hall–Kier alpha value is -3.02. The minimum Gasteiger partial charge on any atom is -0.462 e. The lowest BCUT2D eigenvalue weighted by molar-refractivity contribution is 0.0412. The Kier molecular flexibility index (Phi) is 6.56. The monoisotopic (exact) mass is 350 g/mol. The molecule has 0 aliphatic rings. The second-order valence-electron chi connectivity index (χ2n) is 6.28. The van der Waals surface area contributed by atoms with Crippen molar-refractivity contribution in [3.05, 3.63) is 27.0 Å². The summed E-state index contributed by atoms with van der Waals surface area (Å²) in [5.74, 6) is 3.11. The first kappa shape index (κ1) is 20.0. The number of aromatic nitrogens is 1. The zero-order valence-corrected chi connectivity index (χ0v) is 14.7. The number of nitriles is 1. The first-order valence-electron chi connectivity index (χ1n) is 7.69. The van der Waals surface area contributed by atoms with E-state index in [4.69, 9.17) is 21.1 Å². The Morgan fingerprint density at radius 3 is 1.92 bits per heavy atom. The van der Waals surface area contributed by atoms with Gasteiger partial charge >= 0.3 is 11.9 Å². The summed E-state index contributed by atoms with van der Waals surface area (Å²) in [6.45, 7) is 7.35. The van der Waals surface area contributed by atoms with Crippen molar-refractivity contribution in [1.29, 1.82) is 5.26 Å². The molecule has 0 amide bonds. The molecule has 0 aliphatic carbocycles. The molecule has 1 rings (SSSR count). The molecule has 0 radical (unpaired) electrons. The molecule has 1 aromatic rings. The molecule has 136 valence electrons. The number of nitrogen functional groups attached to an aromatic ring is 2. The predicted molar refractivity (Wildman–Crippen MR) is 90.2 cm³/mol. The summed E-state index contributed by atoms with van der Waals surface area (Å²) in [6.07, 6.45) is 0. The second kappa shape index (κ2) is 8.19. The number of hydrogen-bond donors (Lipinski definition) is 2. The second-order valence-corrected chi connectivity index (χ2v) is 6.28. The molecule has 9 heteroatoms. The molecular weight excluding hydrogens is 328 g/mol. The van der Waals surface area contributed by atoms with Crippen LogP contribution in [0.5, 0.6) is 0 Å². The van der Waals surface area contributed by atoms with Gasteiger partial charge in [-0.3, -0.25) is 4.79 Å². The van der Waals surface area contributed by atoms with Crippen molar-refractivity contribution in [2.45, 2.75) is 27.7 Å². The van der Waals surface area contributed by atoms with Gasteiger partial charge in [-0.05, 0) is 11.8 Å². The number of carbonyl (C=O) groups is 2. The zero-order chi connectivity index (χ0) is 19.3. The Labute approximate surface area is 145 Å².